The Kier molecular flexibility index (Phi) is 1.78. The highest BCUT2D eigenvalue weighted by molar-refractivity contribution is 5.10. The minimum Gasteiger partial charge on any atom is -0.0850 e. The van der Waals surface area contributed by atoms with Crippen LogP contribution in [0.2, 0.25) is 0 Å². The van der Waals surface area contributed by atoms with Crippen molar-refractivity contribution in [1.82, 2.24) is 0 Å². The van der Waals surface area contributed by atoms with Crippen molar-refractivity contribution < 1.29 is 0 Å². The Morgan fingerprint density at radius 1 is 1.36 bits per heavy atom. The van der Waals surface area contributed by atoms with E-state index in [-0.39, 0.29) is 0 Å². The minimum absolute atomic E-state index is 0.963. The van der Waals surface area contributed by atoms with E-state index in [0.717, 1.165) is 17.8 Å². The second kappa shape index (κ2) is 2.66. The van der Waals surface area contributed by atoms with Crippen molar-refractivity contribution in [1.29, 1.82) is 0 Å². The lowest BCUT2D eigenvalue weighted by atomic mass is 9.68. The van der Waals surface area contributed by atoms with Gasteiger partial charge in [0.05, 0.1) is 0 Å². The van der Waals surface area contributed by atoms with Gasteiger partial charge in [-0.1, -0.05) is 18.6 Å². The fourth-order valence-corrected chi connectivity index (χ4v) is 2.66. The van der Waals surface area contributed by atoms with Crippen LogP contribution in [0.25, 0.3) is 0 Å². The summed E-state index contributed by atoms with van der Waals surface area (Å²) in [5.41, 5.74) is 1.67. The molecule has 0 aromatic rings. The molecular formula is C11H18. The Labute approximate surface area is 69.7 Å². The summed E-state index contributed by atoms with van der Waals surface area (Å²) in [6, 6.07) is 0. The Hall–Kier alpha value is -0.260. The first-order chi connectivity index (χ1) is 5.27. The molecule has 2 unspecified atom stereocenters. The maximum absolute atomic E-state index is 2.48. The summed E-state index contributed by atoms with van der Waals surface area (Å²) in [6.07, 6.45) is 8.27. The summed E-state index contributed by atoms with van der Waals surface area (Å²) in [6.45, 7) is 4.74. The molecule has 11 heavy (non-hydrogen) atoms. The zero-order chi connectivity index (χ0) is 7.84. The summed E-state index contributed by atoms with van der Waals surface area (Å²) < 4.78 is 0. The number of allylic oxidation sites excluding steroid dienone is 2. The molecule has 2 bridgehead atoms. The molecule has 3 atom stereocenters. The minimum atomic E-state index is 0.963. The van der Waals surface area contributed by atoms with Crippen molar-refractivity contribution in [2.45, 2.75) is 39.5 Å². The molecule has 0 heteroatoms. The van der Waals surface area contributed by atoms with Crippen molar-refractivity contribution in [3.63, 3.8) is 0 Å². The predicted octanol–water partition coefficient (Wildman–Crippen LogP) is 3.39. The molecule has 2 aliphatic rings. The van der Waals surface area contributed by atoms with Gasteiger partial charge in [-0.05, 0) is 50.4 Å². The van der Waals surface area contributed by atoms with Gasteiger partial charge < -0.3 is 0 Å². The first kappa shape index (κ1) is 7.39. The maximum atomic E-state index is 2.48. The Morgan fingerprint density at radius 3 is 3.00 bits per heavy atom. The monoisotopic (exact) mass is 150 g/mol. The lowest BCUT2D eigenvalue weighted by Crippen LogP contribution is -2.26. The lowest BCUT2D eigenvalue weighted by molar-refractivity contribution is 0.200. The van der Waals surface area contributed by atoms with E-state index in [2.05, 4.69) is 19.9 Å². The highest BCUT2D eigenvalue weighted by Crippen LogP contribution is 2.42. The molecule has 0 aromatic carbocycles. The molecule has 0 nitrogen and oxygen atoms in total. The Morgan fingerprint density at radius 2 is 2.18 bits per heavy atom. The molecule has 1 saturated carbocycles. The molecule has 62 valence electrons. The van der Waals surface area contributed by atoms with E-state index in [1.54, 1.807) is 5.57 Å². The second-order valence-electron chi connectivity index (χ2n) is 4.43. The van der Waals surface area contributed by atoms with E-state index in [9.17, 15) is 0 Å². The summed E-state index contributed by atoms with van der Waals surface area (Å²) in [4.78, 5) is 0. The molecule has 2 rings (SSSR count). The summed E-state index contributed by atoms with van der Waals surface area (Å²) in [5.74, 6) is 2.98. The summed E-state index contributed by atoms with van der Waals surface area (Å²) in [7, 11) is 0. The van der Waals surface area contributed by atoms with E-state index in [0.29, 0.717) is 0 Å². The lowest BCUT2D eigenvalue weighted by Gasteiger charge is -2.38. The highest BCUT2D eigenvalue weighted by Gasteiger charge is 2.30. The zero-order valence-electron chi connectivity index (χ0n) is 7.64. The van der Waals surface area contributed by atoms with Crippen molar-refractivity contribution in [3.05, 3.63) is 11.6 Å². The van der Waals surface area contributed by atoms with Crippen LogP contribution in [-0.4, -0.2) is 0 Å². The van der Waals surface area contributed by atoms with Gasteiger partial charge in [-0.2, -0.15) is 0 Å². The number of hydrogen-bond acceptors (Lipinski definition) is 0. The van der Waals surface area contributed by atoms with Gasteiger partial charge in [0, 0.05) is 0 Å². The molecule has 0 heterocycles. The number of rotatable bonds is 0. The van der Waals surface area contributed by atoms with Crippen molar-refractivity contribution >= 4 is 0 Å². The molecule has 0 amide bonds. The van der Waals surface area contributed by atoms with Crippen LogP contribution in [0.4, 0.5) is 0 Å². The van der Waals surface area contributed by atoms with E-state index >= 15 is 0 Å². The predicted molar refractivity (Wildman–Crippen MR) is 48.4 cm³/mol. The van der Waals surface area contributed by atoms with Gasteiger partial charge in [0.15, 0.2) is 0 Å². The van der Waals surface area contributed by atoms with Crippen LogP contribution in [-0.2, 0) is 0 Å². The van der Waals surface area contributed by atoms with Gasteiger partial charge in [0.25, 0.3) is 0 Å². The highest BCUT2D eigenvalue weighted by atomic mass is 14.4. The smallest absolute Gasteiger partial charge is 0.0203 e. The quantitative estimate of drug-likeness (QED) is 0.464. The topological polar surface area (TPSA) is 0 Å². The second-order valence-corrected chi connectivity index (χ2v) is 4.43. The van der Waals surface area contributed by atoms with E-state index in [1.165, 1.54) is 25.7 Å². The third kappa shape index (κ3) is 1.23. The number of hydrogen-bond donors (Lipinski definition) is 0. The van der Waals surface area contributed by atoms with Crippen LogP contribution >= 0.6 is 0 Å². The van der Waals surface area contributed by atoms with Crippen molar-refractivity contribution in [3.8, 4) is 0 Å². The van der Waals surface area contributed by atoms with Crippen LogP contribution in [0.5, 0.6) is 0 Å². The van der Waals surface area contributed by atoms with E-state index < -0.39 is 0 Å². The van der Waals surface area contributed by atoms with Crippen LogP contribution in [0, 0.1) is 17.8 Å². The van der Waals surface area contributed by atoms with Crippen molar-refractivity contribution in [2.75, 3.05) is 0 Å². The van der Waals surface area contributed by atoms with Crippen LogP contribution in [0.3, 0.4) is 0 Å². The molecule has 0 saturated heterocycles. The summed E-state index contributed by atoms with van der Waals surface area (Å²) in [5, 5.41) is 0. The summed E-state index contributed by atoms with van der Waals surface area (Å²) >= 11 is 0. The molecule has 0 radical (unpaired) electrons. The van der Waals surface area contributed by atoms with Gasteiger partial charge >= 0.3 is 0 Å². The Balaban J connectivity index is 2.15. The average molecular weight is 150 g/mol. The van der Waals surface area contributed by atoms with Gasteiger partial charge in [-0.25, -0.2) is 0 Å². The number of fused-ring (bicyclic) bond motifs is 2. The normalized spacial score (nSPS) is 43.5. The molecule has 0 aliphatic heterocycles. The standard InChI is InChI=1S/C11H18/c1-8-3-5-11-7-10(8)6-4-9(11)2/h3,9-11H,4-7H2,1-2H3/t9?,10-,11?/m0/s1. The first-order valence-electron chi connectivity index (χ1n) is 4.94. The van der Waals surface area contributed by atoms with Gasteiger partial charge in [0.2, 0.25) is 0 Å². The zero-order valence-corrected chi connectivity index (χ0v) is 7.64. The molecule has 1 fully saturated rings. The van der Waals surface area contributed by atoms with Crippen LogP contribution in [0.15, 0.2) is 11.6 Å². The maximum Gasteiger partial charge on any atom is -0.0203 e. The largest absolute Gasteiger partial charge is 0.0850 e. The fourth-order valence-electron chi connectivity index (χ4n) is 2.66. The first-order valence-corrected chi connectivity index (χ1v) is 4.94. The SMILES string of the molecule is CC1=CCC2C[C@@H]1CCC2C. The van der Waals surface area contributed by atoms with Crippen LogP contribution in [0.1, 0.15) is 39.5 Å². The van der Waals surface area contributed by atoms with Crippen LogP contribution < -0.4 is 0 Å². The molecule has 2 aliphatic carbocycles. The van der Waals surface area contributed by atoms with Gasteiger partial charge in [0.1, 0.15) is 0 Å². The van der Waals surface area contributed by atoms with Gasteiger partial charge in [-0.3, -0.25) is 0 Å². The molecular weight excluding hydrogens is 132 g/mol. The molecule has 0 N–H and O–H groups in total. The van der Waals surface area contributed by atoms with E-state index in [4.69, 9.17) is 0 Å². The van der Waals surface area contributed by atoms with E-state index in [1.807, 2.05) is 0 Å². The van der Waals surface area contributed by atoms with Crippen molar-refractivity contribution in [2.24, 2.45) is 17.8 Å². The molecule has 0 aromatic heterocycles. The Bertz CT molecular complexity index is 178. The molecule has 0 spiro atoms. The average Bonchev–Trinajstić information content (AvgIpc) is 2.02. The fraction of sp³-hybridized carbons (Fsp3) is 0.818. The third-order valence-corrected chi connectivity index (χ3v) is 3.75. The van der Waals surface area contributed by atoms with Gasteiger partial charge in [-0.15, -0.1) is 0 Å². The third-order valence-electron chi connectivity index (χ3n) is 3.75.